The van der Waals surface area contributed by atoms with Crippen molar-refractivity contribution < 1.29 is 9.72 Å². The summed E-state index contributed by atoms with van der Waals surface area (Å²) < 4.78 is 0. The van der Waals surface area contributed by atoms with Crippen molar-refractivity contribution in [3.63, 3.8) is 0 Å². The summed E-state index contributed by atoms with van der Waals surface area (Å²) in [5.41, 5.74) is 7.09. The van der Waals surface area contributed by atoms with E-state index >= 15 is 0 Å². The average Bonchev–Trinajstić information content (AvgIpc) is 2.45. The average molecular weight is 306 g/mol. The number of nitrogens with two attached hydrogens (primary N) is 1. The van der Waals surface area contributed by atoms with Gasteiger partial charge in [0.15, 0.2) is 0 Å². The molecule has 0 unspecified atom stereocenters. The first kappa shape index (κ1) is 14.8. The summed E-state index contributed by atoms with van der Waals surface area (Å²) in [6, 6.07) is 11.1. The highest BCUT2D eigenvalue weighted by Gasteiger charge is 2.07. The molecule has 6 nitrogen and oxygen atoms in total. The maximum Gasteiger partial charge on any atom is 0.269 e. The fourth-order valence-corrected chi connectivity index (χ4v) is 2.04. The molecule has 0 spiro atoms. The Hall–Kier alpha value is -2.60. The zero-order valence-corrected chi connectivity index (χ0v) is 11.6. The lowest BCUT2D eigenvalue weighted by molar-refractivity contribution is -0.384. The monoisotopic (exact) mass is 305 g/mol. The third-order valence-corrected chi connectivity index (χ3v) is 3.19. The molecular weight excluding hydrogens is 294 g/mol. The van der Waals surface area contributed by atoms with Crippen molar-refractivity contribution in [3.05, 3.63) is 68.7 Å². The van der Waals surface area contributed by atoms with Gasteiger partial charge in [0, 0.05) is 24.4 Å². The van der Waals surface area contributed by atoms with E-state index in [2.05, 4.69) is 5.32 Å². The highest BCUT2D eigenvalue weighted by atomic mass is 35.5. The van der Waals surface area contributed by atoms with Crippen LogP contribution in [0.1, 0.15) is 15.9 Å². The van der Waals surface area contributed by atoms with Crippen LogP contribution in [0.5, 0.6) is 0 Å². The molecule has 1 amide bonds. The highest BCUT2D eigenvalue weighted by molar-refractivity contribution is 6.34. The van der Waals surface area contributed by atoms with Gasteiger partial charge in [0.25, 0.3) is 5.69 Å². The zero-order valence-electron chi connectivity index (χ0n) is 10.9. The number of carbonyl (C=O) groups is 1. The Kier molecular flexibility index (Phi) is 4.39. The lowest BCUT2D eigenvalue weighted by Gasteiger charge is -2.08. The number of non-ortho nitro benzene ring substituents is 1. The number of benzene rings is 2. The number of hydrogen-bond acceptors (Lipinski definition) is 4. The van der Waals surface area contributed by atoms with Gasteiger partial charge in [0.05, 0.1) is 15.5 Å². The fraction of sp³-hybridized carbons (Fsp3) is 0.0714. The zero-order chi connectivity index (χ0) is 15.4. The number of rotatable bonds is 5. The fourth-order valence-electron chi connectivity index (χ4n) is 1.76. The molecular formula is C14H12ClN3O3. The Morgan fingerprint density at radius 1 is 1.24 bits per heavy atom. The Balaban J connectivity index is 2.04. The van der Waals surface area contributed by atoms with Crippen molar-refractivity contribution >= 4 is 28.9 Å². The topological polar surface area (TPSA) is 98.3 Å². The van der Waals surface area contributed by atoms with E-state index in [1.165, 1.54) is 12.1 Å². The lowest BCUT2D eigenvalue weighted by Crippen LogP contribution is -2.11. The minimum Gasteiger partial charge on any atom is -0.381 e. The van der Waals surface area contributed by atoms with Gasteiger partial charge in [-0.3, -0.25) is 14.9 Å². The summed E-state index contributed by atoms with van der Waals surface area (Å²) >= 11 is 5.95. The number of hydrogen-bond donors (Lipinski definition) is 2. The van der Waals surface area contributed by atoms with Crippen LogP contribution in [0.4, 0.5) is 11.4 Å². The van der Waals surface area contributed by atoms with Crippen LogP contribution < -0.4 is 11.1 Å². The van der Waals surface area contributed by atoms with Gasteiger partial charge >= 0.3 is 0 Å². The SMILES string of the molecule is NC(=O)c1ccc(NCc2ccc([N+](=O)[O-])cc2)cc1Cl. The summed E-state index contributed by atoms with van der Waals surface area (Å²) in [7, 11) is 0. The van der Waals surface area contributed by atoms with Crippen LogP contribution >= 0.6 is 11.6 Å². The van der Waals surface area contributed by atoms with Crippen molar-refractivity contribution in [2.75, 3.05) is 5.32 Å². The second kappa shape index (κ2) is 6.23. The summed E-state index contributed by atoms with van der Waals surface area (Å²) in [6.45, 7) is 0.476. The van der Waals surface area contributed by atoms with E-state index in [1.54, 1.807) is 30.3 Å². The molecule has 21 heavy (non-hydrogen) atoms. The molecule has 0 aliphatic heterocycles. The minimum absolute atomic E-state index is 0.0487. The van der Waals surface area contributed by atoms with Crippen LogP contribution in [0.3, 0.4) is 0 Å². The van der Waals surface area contributed by atoms with Gasteiger partial charge in [-0.1, -0.05) is 23.7 Å². The number of nitrogens with zero attached hydrogens (tertiary/aromatic N) is 1. The number of nitrogens with one attached hydrogen (secondary N) is 1. The largest absolute Gasteiger partial charge is 0.381 e. The van der Waals surface area contributed by atoms with Crippen molar-refractivity contribution in [1.29, 1.82) is 0 Å². The van der Waals surface area contributed by atoms with Gasteiger partial charge in [-0.05, 0) is 23.8 Å². The molecule has 0 aliphatic rings. The maximum absolute atomic E-state index is 11.1. The Labute approximate surface area is 125 Å². The number of nitro benzene ring substituents is 1. The molecule has 0 saturated carbocycles. The van der Waals surface area contributed by atoms with Gasteiger partial charge in [-0.25, -0.2) is 0 Å². The van der Waals surface area contributed by atoms with Gasteiger partial charge in [0.2, 0.25) is 5.91 Å². The van der Waals surface area contributed by atoms with Gasteiger partial charge < -0.3 is 11.1 Å². The van der Waals surface area contributed by atoms with E-state index in [-0.39, 0.29) is 16.3 Å². The van der Waals surface area contributed by atoms with E-state index in [1.807, 2.05) is 0 Å². The second-order valence-electron chi connectivity index (χ2n) is 4.34. The van der Waals surface area contributed by atoms with Crippen molar-refractivity contribution in [2.45, 2.75) is 6.54 Å². The second-order valence-corrected chi connectivity index (χ2v) is 4.74. The van der Waals surface area contributed by atoms with E-state index in [4.69, 9.17) is 17.3 Å². The maximum atomic E-state index is 11.1. The molecule has 0 aliphatic carbocycles. The summed E-state index contributed by atoms with van der Waals surface area (Å²) in [5.74, 6) is -0.582. The quantitative estimate of drug-likeness (QED) is 0.655. The van der Waals surface area contributed by atoms with Crippen LogP contribution in [-0.4, -0.2) is 10.8 Å². The lowest BCUT2D eigenvalue weighted by atomic mass is 10.1. The predicted octanol–water partition coefficient (Wildman–Crippen LogP) is 2.96. The van der Waals surface area contributed by atoms with Crippen LogP contribution in [0.25, 0.3) is 0 Å². The molecule has 2 rings (SSSR count). The Bertz CT molecular complexity index is 686. The summed E-state index contributed by atoms with van der Waals surface area (Å²) in [5, 5.41) is 13.9. The molecule has 2 aromatic rings. The van der Waals surface area contributed by atoms with E-state index < -0.39 is 10.8 Å². The molecule has 0 fully saturated rings. The van der Waals surface area contributed by atoms with Gasteiger partial charge in [-0.15, -0.1) is 0 Å². The first-order valence-corrected chi connectivity index (χ1v) is 6.42. The molecule has 7 heteroatoms. The molecule has 0 bridgehead atoms. The number of halogens is 1. The Morgan fingerprint density at radius 2 is 1.90 bits per heavy atom. The number of primary amides is 1. The van der Waals surface area contributed by atoms with Gasteiger partial charge in [-0.2, -0.15) is 0 Å². The van der Waals surface area contributed by atoms with E-state index in [0.717, 1.165) is 11.3 Å². The highest BCUT2D eigenvalue weighted by Crippen LogP contribution is 2.21. The van der Waals surface area contributed by atoms with E-state index in [0.29, 0.717) is 6.54 Å². The Morgan fingerprint density at radius 3 is 2.43 bits per heavy atom. The molecule has 0 heterocycles. The number of amides is 1. The van der Waals surface area contributed by atoms with Crippen LogP contribution in [0.2, 0.25) is 5.02 Å². The molecule has 0 aromatic heterocycles. The number of anilines is 1. The summed E-state index contributed by atoms with van der Waals surface area (Å²) in [4.78, 5) is 21.2. The molecule has 0 atom stereocenters. The molecule has 0 saturated heterocycles. The van der Waals surface area contributed by atoms with Crippen molar-refractivity contribution in [3.8, 4) is 0 Å². The molecule has 0 radical (unpaired) electrons. The molecule has 3 N–H and O–H groups in total. The minimum atomic E-state index is -0.582. The van der Waals surface area contributed by atoms with Crippen molar-refractivity contribution in [1.82, 2.24) is 0 Å². The standard InChI is InChI=1S/C14H12ClN3O3/c15-13-7-10(3-6-12(13)14(16)19)17-8-9-1-4-11(5-2-9)18(20)21/h1-7,17H,8H2,(H2,16,19). The third-order valence-electron chi connectivity index (χ3n) is 2.88. The van der Waals surface area contributed by atoms with Gasteiger partial charge in [0.1, 0.15) is 0 Å². The normalized spacial score (nSPS) is 10.1. The molecule has 108 valence electrons. The van der Waals surface area contributed by atoms with E-state index in [9.17, 15) is 14.9 Å². The number of carbonyl (C=O) groups excluding carboxylic acids is 1. The predicted molar refractivity (Wildman–Crippen MR) is 80.4 cm³/mol. The number of nitro groups is 1. The summed E-state index contributed by atoms with van der Waals surface area (Å²) in [6.07, 6.45) is 0. The smallest absolute Gasteiger partial charge is 0.269 e. The third kappa shape index (κ3) is 3.70. The van der Waals surface area contributed by atoms with Crippen LogP contribution in [-0.2, 0) is 6.54 Å². The van der Waals surface area contributed by atoms with Crippen LogP contribution in [0.15, 0.2) is 42.5 Å². The first-order chi connectivity index (χ1) is 9.97. The van der Waals surface area contributed by atoms with Crippen molar-refractivity contribution in [2.24, 2.45) is 5.73 Å². The molecule has 2 aromatic carbocycles. The van der Waals surface area contributed by atoms with Crippen LogP contribution in [0, 0.1) is 10.1 Å². The first-order valence-electron chi connectivity index (χ1n) is 6.04.